The van der Waals surface area contributed by atoms with Crippen molar-refractivity contribution in [1.82, 2.24) is 0 Å². The summed E-state index contributed by atoms with van der Waals surface area (Å²) in [6.07, 6.45) is 1.49. The lowest BCUT2D eigenvalue weighted by Gasteiger charge is -2.34. The Morgan fingerprint density at radius 3 is 2.75 bits per heavy atom. The van der Waals surface area contributed by atoms with E-state index >= 15 is 0 Å². The second-order valence-electron chi connectivity index (χ2n) is 4.37. The highest BCUT2D eigenvalue weighted by Gasteiger charge is 2.39. The summed E-state index contributed by atoms with van der Waals surface area (Å²) >= 11 is 1.61. The predicted octanol–water partition coefficient (Wildman–Crippen LogP) is 1.99. The first kappa shape index (κ1) is 11.8. The van der Waals surface area contributed by atoms with Crippen LogP contribution in [-0.4, -0.2) is 25.5 Å². The molecule has 2 heterocycles. The van der Waals surface area contributed by atoms with Crippen LogP contribution in [0.5, 0.6) is 0 Å². The molecule has 0 amide bonds. The van der Waals surface area contributed by atoms with Gasteiger partial charge < -0.3 is 10.5 Å². The number of ether oxygens (including phenoxy) is 1. The molecular weight excluding hydrogens is 222 g/mol. The first-order chi connectivity index (χ1) is 7.68. The van der Waals surface area contributed by atoms with E-state index in [1.54, 1.807) is 11.3 Å². The van der Waals surface area contributed by atoms with Gasteiger partial charge in [0.25, 0.3) is 0 Å². The first-order valence-corrected chi connectivity index (χ1v) is 6.44. The van der Waals surface area contributed by atoms with Gasteiger partial charge in [0.15, 0.2) is 5.78 Å². The lowest BCUT2D eigenvalue weighted by molar-refractivity contribution is 0.0200. The highest BCUT2D eigenvalue weighted by atomic mass is 32.1. The number of nitrogens with two attached hydrogens (primary N) is 1. The molecule has 0 radical (unpaired) electrons. The standard InChI is InChI=1S/C12H17NO2S/c1-9-6-10(7-16-9)11(14)12(8-13)2-4-15-5-3-12/h6-7H,2-5,8,13H2,1H3. The molecule has 0 aromatic carbocycles. The van der Waals surface area contributed by atoms with E-state index in [1.165, 1.54) is 4.88 Å². The number of carbonyl (C=O) groups excluding carboxylic acids is 1. The zero-order valence-electron chi connectivity index (χ0n) is 9.49. The van der Waals surface area contributed by atoms with Crippen molar-refractivity contribution in [3.8, 4) is 0 Å². The third-order valence-electron chi connectivity index (χ3n) is 3.32. The molecule has 1 saturated heterocycles. The second kappa shape index (κ2) is 4.65. The molecule has 3 nitrogen and oxygen atoms in total. The van der Waals surface area contributed by atoms with Gasteiger partial charge in [0.2, 0.25) is 0 Å². The summed E-state index contributed by atoms with van der Waals surface area (Å²) in [6.45, 7) is 3.72. The van der Waals surface area contributed by atoms with Gasteiger partial charge in [0.05, 0.1) is 5.41 Å². The van der Waals surface area contributed by atoms with Gasteiger partial charge in [-0.25, -0.2) is 0 Å². The van der Waals surface area contributed by atoms with Crippen molar-refractivity contribution in [2.24, 2.45) is 11.1 Å². The largest absolute Gasteiger partial charge is 0.381 e. The van der Waals surface area contributed by atoms with Crippen LogP contribution in [0, 0.1) is 12.3 Å². The fourth-order valence-corrected chi connectivity index (χ4v) is 2.84. The molecule has 0 spiro atoms. The minimum Gasteiger partial charge on any atom is -0.381 e. The van der Waals surface area contributed by atoms with Crippen LogP contribution in [0.15, 0.2) is 11.4 Å². The van der Waals surface area contributed by atoms with Crippen molar-refractivity contribution >= 4 is 17.1 Å². The Labute approximate surface area is 99.6 Å². The minimum absolute atomic E-state index is 0.197. The molecule has 0 bridgehead atoms. The van der Waals surface area contributed by atoms with E-state index in [2.05, 4.69) is 0 Å². The van der Waals surface area contributed by atoms with Gasteiger partial charge in [-0.15, -0.1) is 11.3 Å². The van der Waals surface area contributed by atoms with Crippen LogP contribution < -0.4 is 5.73 Å². The monoisotopic (exact) mass is 239 g/mol. The Bertz CT molecular complexity index is 380. The van der Waals surface area contributed by atoms with Crippen molar-refractivity contribution < 1.29 is 9.53 Å². The number of hydrogen-bond acceptors (Lipinski definition) is 4. The maximum Gasteiger partial charge on any atom is 0.171 e. The number of ketones is 1. The van der Waals surface area contributed by atoms with E-state index in [1.807, 2.05) is 18.4 Å². The van der Waals surface area contributed by atoms with Crippen LogP contribution in [0.1, 0.15) is 28.1 Å². The highest BCUT2D eigenvalue weighted by Crippen LogP contribution is 2.34. The summed E-state index contributed by atoms with van der Waals surface area (Å²) in [5.74, 6) is 0.197. The van der Waals surface area contributed by atoms with Crippen molar-refractivity contribution in [2.45, 2.75) is 19.8 Å². The molecule has 0 unspecified atom stereocenters. The molecule has 1 aliphatic rings. The second-order valence-corrected chi connectivity index (χ2v) is 5.49. The average molecular weight is 239 g/mol. The molecule has 1 aromatic rings. The fraction of sp³-hybridized carbons (Fsp3) is 0.583. The Kier molecular flexibility index (Phi) is 3.42. The fourth-order valence-electron chi connectivity index (χ4n) is 2.15. The van der Waals surface area contributed by atoms with E-state index < -0.39 is 0 Å². The minimum atomic E-state index is -0.383. The third-order valence-corrected chi connectivity index (χ3v) is 4.18. The topological polar surface area (TPSA) is 52.3 Å². The molecule has 4 heteroatoms. The number of Topliss-reactive ketones (excluding diaryl/α,β-unsaturated/α-hetero) is 1. The van der Waals surface area contributed by atoms with Gasteiger partial charge in [0, 0.05) is 35.6 Å². The molecule has 1 aliphatic heterocycles. The Hall–Kier alpha value is -0.710. The van der Waals surface area contributed by atoms with Gasteiger partial charge in [-0.3, -0.25) is 4.79 Å². The summed E-state index contributed by atoms with van der Waals surface area (Å²) in [6, 6.07) is 1.96. The molecule has 1 fully saturated rings. The van der Waals surface area contributed by atoms with Crippen LogP contribution >= 0.6 is 11.3 Å². The van der Waals surface area contributed by atoms with Gasteiger partial charge in [-0.1, -0.05) is 0 Å². The van der Waals surface area contributed by atoms with E-state index in [9.17, 15) is 4.79 Å². The van der Waals surface area contributed by atoms with Crippen LogP contribution in [0.4, 0.5) is 0 Å². The summed E-state index contributed by atoms with van der Waals surface area (Å²) < 4.78 is 5.31. The normalized spacial score (nSPS) is 19.6. The Morgan fingerprint density at radius 2 is 2.25 bits per heavy atom. The summed E-state index contributed by atoms with van der Waals surface area (Å²) in [7, 11) is 0. The number of rotatable bonds is 3. The lowest BCUT2D eigenvalue weighted by Crippen LogP contribution is -2.43. The summed E-state index contributed by atoms with van der Waals surface area (Å²) in [4.78, 5) is 13.6. The third kappa shape index (κ3) is 2.05. The maximum atomic E-state index is 12.4. The predicted molar refractivity (Wildman–Crippen MR) is 64.9 cm³/mol. The molecular formula is C12H17NO2S. The van der Waals surface area contributed by atoms with Gasteiger partial charge in [-0.05, 0) is 25.8 Å². The highest BCUT2D eigenvalue weighted by molar-refractivity contribution is 7.10. The molecule has 16 heavy (non-hydrogen) atoms. The smallest absolute Gasteiger partial charge is 0.171 e. The zero-order chi connectivity index (χ0) is 11.6. The van der Waals surface area contributed by atoms with Crippen molar-refractivity contribution in [1.29, 1.82) is 0 Å². The number of aryl methyl sites for hydroxylation is 1. The van der Waals surface area contributed by atoms with E-state index in [0.717, 1.165) is 18.4 Å². The van der Waals surface area contributed by atoms with Crippen LogP contribution in [-0.2, 0) is 4.74 Å². The number of hydrogen-bond donors (Lipinski definition) is 1. The van der Waals surface area contributed by atoms with Crippen molar-refractivity contribution in [3.05, 3.63) is 21.9 Å². The van der Waals surface area contributed by atoms with Crippen molar-refractivity contribution in [3.63, 3.8) is 0 Å². The number of carbonyl (C=O) groups is 1. The molecule has 0 aliphatic carbocycles. The summed E-state index contributed by atoms with van der Waals surface area (Å²) in [5.41, 5.74) is 6.24. The molecule has 2 rings (SSSR count). The van der Waals surface area contributed by atoms with E-state index in [4.69, 9.17) is 10.5 Å². The molecule has 88 valence electrons. The molecule has 1 aromatic heterocycles. The molecule has 0 saturated carbocycles. The summed E-state index contributed by atoms with van der Waals surface area (Å²) in [5, 5.41) is 1.94. The zero-order valence-corrected chi connectivity index (χ0v) is 10.3. The van der Waals surface area contributed by atoms with E-state index in [-0.39, 0.29) is 11.2 Å². The molecule has 2 N–H and O–H groups in total. The first-order valence-electron chi connectivity index (χ1n) is 5.56. The average Bonchev–Trinajstić information content (AvgIpc) is 2.76. The van der Waals surface area contributed by atoms with Crippen LogP contribution in [0.25, 0.3) is 0 Å². The van der Waals surface area contributed by atoms with Gasteiger partial charge in [-0.2, -0.15) is 0 Å². The molecule has 0 atom stereocenters. The van der Waals surface area contributed by atoms with E-state index in [0.29, 0.717) is 19.8 Å². The maximum absolute atomic E-state index is 12.4. The van der Waals surface area contributed by atoms with Gasteiger partial charge >= 0.3 is 0 Å². The Morgan fingerprint density at radius 1 is 1.56 bits per heavy atom. The van der Waals surface area contributed by atoms with Crippen LogP contribution in [0.3, 0.4) is 0 Å². The lowest BCUT2D eigenvalue weighted by atomic mass is 9.74. The Balaban J connectivity index is 2.24. The quantitative estimate of drug-likeness (QED) is 0.821. The number of thiophene rings is 1. The SMILES string of the molecule is Cc1cc(C(=O)C2(CN)CCOCC2)cs1. The van der Waals surface area contributed by atoms with Gasteiger partial charge in [0.1, 0.15) is 0 Å². The van der Waals surface area contributed by atoms with Crippen molar-refractivity contribution in [2.75, 3.05) is 19.8 Å². The van der Waals surface area contributed by atoms with Crippen LogP contribution in [0.2, 0.25) is 0 Å².